The third kappa shape index (κ3) is 2.36. The molecular weight excluding hydrogens is 187 g/mol. The molecule has 0 spiro atoms. The Labute approximate surface area is 77.2 Å². The highest BCUT2D eigenvalue weighted by molar-refractivity contribution is 7.53. The van der Waals surface area contributed by atoms with Crippen LogP contribution >= 0.6 is 7.80 Å². The van der Waals surface area contributed by atoms with Crippen molar-refractivity contribution >= 4 is 19.1 Å². The van der Waals surface area contributed by atoms with E-state index in [1.54, 1.807) is 12.1 Å². The number of carbonyl (C=O) groups is 1. The zero-order chi connectivity index (χ0) is 9.84. The molecule has 1 aromatic rings. The lowest BCUT2D eigenvalue weighted by atomic mass is 10.2. The third-order valence-corrected chi connectivity index (χ3v) is 3.14. The molecule has 3 nitrogen and oxygen atoms in total. The van der Waals surface area contributed by atoms with E-state index in [2.05, 4.69) is 0 Å². The molecule has 13 heavy (non-hydrogen) atoms. The zero-order valence-electron chi connectivity index (χ0n) is 7.23. The second-order valence-electron chi connectivity index (χ2n) is 2.55. The van der Waals surface area contributed by atoms with Gasteiger partial charge in [0, 0.05) is 0 Å². The molecule has 68 valence electrons. The molecule has 0 saturated heterocycles. The van der Waals surface area contributed by atoms with Crippen LogP contribution in [0.15, 0.2) is 24.3 Å². The van der Waals surface area contributed by atoms with Gasteiger partial charge in [-0.1, -0.05) is 4.57 Å². The van der Waals surface area contributed by atoms with Crippen molar-refractivity contribution in [3.8, 4) is 0 Å². The summed E-state index contributed by atoms with van der Waals surface area (Å²) in [7, 11) is -1.35. The number of carboxylic acids is 1. The molecule has 1 unspecified atom stereocenters. The standard InChI is InChI=1S/C9H9O3P/c1-2-13(12)8-5-3-7(4-6-8)9(10)11/h3-6H,2H2,1H3/p+1. The molecule has 1 aromatic carbocycles. The van der Waals surface area contributed by atoms with Crippen LogP contribution in [-0.4, -0.2) is 17.2 Å². The average molecular weight is 197 g/mol. The smallest absolute Gasteiger partial charge is 0.376 e. The summed E-state index contributed by atoms with van der Waals surface area (Å²) in [6, 6.07) is 6.15. The minimum atomic E-state index is -1.35. The van der Waals surface area contributed by atoms with Gasteiger partial charge in [-0.3, -0.25) is 0 Å². The molecule has 0 aliphatic carbocycles. The SMILES string of the molecule is CC[P+](=O)c1ccc(C(=O)O)cc1. The van der Waals surface area contributed by atoms with Crippen molar-refractivity contribution in [2.45, 2.75) is 6.92 Å². The number of rotatable bonds is 3. The van der Waals surface area contributed by atoms with Gasteiger partial charge in [0.15, 0.2) is 5.30 Å². The lowest BCUT2D eigenvalue weighted by Gasteiger charge is -1.91. The van der Waals surface area contributed by atoms with Crippen LogP contribution in [0.2, 0.25) is 0 Å². The van der Waals surface area contributed by atoms with Gasteiger partial charge in [0.1, 0.15) is 6.16 Å². The summed E-state index contributed by atoms with van der Waals surface area (Å²) in [6.45, 7) is 1.84. The second kappa shape index (κ2) is 4.15. The summed E-state index contributed by atoms with van der Waals surface area (Å²) in [6.07, 6.45) is 0.585. The topological polar surface area (TPSA) is 54.4 Å². The highest BCUT2D eigenvalue weighted by atomic mass is 31.1. The molecule has 1 N–H and O–H groups in total. The normalized spacial score (nSPS) is 11.0. The monoisotopic (exact) mass is 197 g/mol. The Morgan fingerprint density at radius 2 is 1.92 bits per heavy atom. The fraction of sp³-hybridized carbons (Fsp3) is 0.222. The predicted molar refractivity (Wildman–Crippen MR) is 51.2 cm³/mol. The van der Waals surface area contributed by atoms with Crippen LogP contribution in [0.3, 0.4) is 0 Å². The quantitative estimate of drug-likeness (QED) is 0.752. The molecule has 0 aromatic heterocycles. The van der Waals surface area contributed by atoms with E-state index in [-0.39, 0.29) is 5.56 Å². The van der Waals surface area contributed by atoms with E-state index in [9.17, 15) is 9.36 Å². The van der Waals surface area contributed by atoms with E-state index in [1.165, 1.54) is 12.1 Å². The van der Waals surface area contributed by atoms with Crippen molar-refractivity contribution < 1.29 is 14.5 Å². The molecule has 0 aliphatic heterocycles. The van der Waals surface area contributed by atoms with E-state index in [0.717, 1.165) is 0 Å². The molecule has 4 heteroatoms. The van der Waals surface area contributed by atoms with Gasteiger partial charge in [-0.25, -0.2) is 4.79 Å². The molecule has 0 aliphatic rings. The number of benzene rings is 1. The van der Waals surface area contributed by atoms with E-state index in [0.29, 0.717) is 11.5 Å². The molecule has 1 atom stereocenters. The first-order valence-electron chi connectivity index (χ1n) is 3.93. The summed E-state index contributed by atoms with van der Waals surface area (Å²) in [4.78, 5) is 10.5. The Morgan fingerprint density at radius 1 is 1.38 bits per heavy atom. The van der Waals surface area contributed by atoms with Gasteiger partial charge < -0.3 is 5.11 Å². The van der Waals surface area contributed by atoms with E-state index >= 15 is 0 Å². The fourth-order valence-corrected chi connectivity index (χ4v) is 1.80. The maximum atomic E-state index is 11.3. The molecule has 0 heterocycles. The summed E-state index contributed by atoms with van der Waals surface area (Å²) >= 11 is 0. The third-order valence-electron chi connectivity index (χ3n) is 1.69. The molecule has 0 amide bonds. The Hall–Kier alpha value is -1.21. The van der Waals surface area contributed by atoms with Crippen LogP contribution in [0, 0.1) is 0 Å². The molecule has 0 saturated carbocycles. The number of aromatic carboxylic acids is 1. The van der Waals surface area contributed by atoms with Crippen molar-refractivity contribution in [3.05, 3.63) is 29.8 Å². The van der Waals surface area contributed by atoms with Crippen LogP contribution < -0.4 is 5.30 Å². The van der Waals surface area contributed by atoms with Crippen LogP contribution in [0.25, 0.3) is 0 Å². The summed E-state index contributed by atoms with van der Waals surface area (Å²) in [5.41, 5.74) is 0.225. The first-order valence-corrected chi connectivity index (χ1v) is 5.37. The lowest BCUT2D eigenvalue weighted by Crippen LogP contribution is -2.01. The maximum Gasteiger partial charge on any atom is 0.376 e. The van der Waals surface area contributed by atoms with Crippen molar-refractivity contribution in [3.63, 3.8) is 0 Å². The van der Waals surface area contributed by atoms with E-state index < -0.39 is 13.8 Å². The molecule has 0 fully saturated rings. The van der Waals surface area contributed by atoms with Gasteiger partial charge in [0.2, 0.25) is 0 Å². The van der Waals surface area contributed by atoms with Gasteiger partial charge >= 0.3 is 13.8 Å². The van der Waals surface area contributed by atoms with Gasteiger partial charge in [-0.05, 0) is 31.2 Å². The van der Waals surface area contributed by atoms with Crippen molar-refractivity contribution in [2.75, 3.05) is 6.16 Å². The Kier molecular flexibility index (Phi) is 3.15. The summed E-state index contributed by atoms with van der Waals surface area (Å²) < 4.78 is 11.3. The number of hydrogen-bond acceptors (Lipinski definition) is 2. The molecule has 0 bridgehead atoms. The zero-order valence-corrected chi connectivity index (χ0v) is 8.12. The van der Waals surface area contributed by atoms with Crippen molar-refractivity contribution in [1.82, 2.24) is 0 Å². The minimum Gasteiger partial charge on any atom is -0.478 e. The van der Waals surface area contributed by atoms with E-state index in [1.807, 2.05) is 6.92 Å². The highest BCUT2D eigenvalue weighted by Gasteiger charge is 2.16. The van der Waals surface area contributed by atoms with Crippen molar-refractivity contribution in [1.29, 1.82) is 0 Å². The number of hydrogen-bond donors (Lipinski definition) is 1. The van der Waals surface area contributed by atoms with Gasteiger partial charge in [-0.2, -0.15) is 0 Å². The largest absolute Gasteiger partial charge is 0.478 e. The van der Waals surface area contributed by atoms with Crippen LogP contribution in [0.4, 0.5) is 0 Å². The Morgan fingerprint density at radius 3 is 2.31 bits per heavy atom. The fourth-order valence-electron chi connectivity index (χ4n) is 0.953. The average Bonchev–Trinajstić information content (AvgIpc) is 2.17. The molecular formula is C9H10O3P+. The van der Waals surface area contributed by atoms with Crippen LogP contribution in [-0.2, 0) is 4.57 Å². The van der Waals surface area contributed by atoms with Gasteiger partial charge in [0.05, 0.1) is 5.56 Å². The summed E-state index contributed by atoms with van der Waals surface area (Å²) in [5, 5.41) is 9.31. The first-order chi connectivity index (χ1) is 6.15. The highest BCUT2D eigenvalue weighted by Crippen LogP contribution is 2.18. The lowest BCUT2D eigenvalue weighted by molar-refractivity contribution is 0.0697. The second-order valence-corrected chi connectivity index (χ2v) is 4.45. The van der Waals surface area contributed by atoms with Crippen molar-refractivity contribution in [2.24, 2.45) is 0 Å². The Balaban J connectivity index is 2.93. The first kappa shape index (κ1) is 9.87. The van der Waals surface area contributed by atoms with Crippen LogP contribution in [0.5, 0.6) is 0 Å². The van der Waals surface area contributed by atoms with Gasteiger partial charge in [0.25, 0.3) is 0 Å². The summed E-state index contributed by atoms with van der Waals surface area (Å²) in [5.74, 6) is -0.960. The minimum absolute atomic E-state index is 0.225. The van der Waals surface area contributed by atoms with Gasteiger partial charge in [-0.15, -0.1) is 0 Å². The number of carboxylic acid groups (broad SMARTS) is 1. The Bertz CT molecular complexity index is 329. The van der Waals surface area contributed by atoms with E-state index in [4.69, 9.17) is 5.11 Å². The van der Waals surface area contributed by atoms with Crippen LogP contribution in [0.1, 0.15) is 17.3 Å². The molecule has 0 radical (unpaired) electrons. The maximum absolute atomic E-state index is 11.3. The molecule has 1 rings (SSSR count). The predicted octanol–water partition coefficient (Wildman–Crippen LogP) is 1.86.